The van der Waals surface area contributed by atoms with Crippen molar-refractivity contribution >= 4 is 21.9 Å². The van der Waals surface area contributed by atoms with Crippen molar-refractivity contribution in [2.24, 2.45) is 0 Å². The van der Waals surface area contributed by atoms with Gasteiger partial charge in [-0.25, -0.2) is 15.0 Å². The molecule has 2 heterocycles. The fraction of sp³-hybridized carbons (Fsp3) is 0.0625. The maximum atomic E-state index is 8.93. The molecule has 10 rings (SSSR count). The lowest BCUT2D eigenvalue weighted by atomic mass is 9.82. The van der Waals surface area contributed by atoms with Gasteiger partial charge in [0, 0.05) is 38.4 Å². The second-order valence-electron chi connectivity index (χ2n) is 13.3. The average molecular weight is 678 g/mol. The zero-order valence-corrected chi connectivity index (χ0v) is 28.1. The van der Waals surface area contributed by atoms with Gasteiger partial charge in [-0.1, -0.05) is 153 Å². The van der Waals surface area contributed by atoms with Crippen molar-refractivity contribution in [1.82, 2.24) is 15.0 Å². The minimum Gasteiger partial charge on any atom is -0.455 e. The van der Waals surface area contributed by atoms with E-state index < -0.39 is 60.4 Å². The van der Waals surface area contributed by atoms with E-state index in [0.717, 1.165) is 22.3 Å². The summed E-state index contributed by atoms with van der Waals surface area (Å²) in [5.74, 6) is 1.13. The third kappa shape index (κ3) is 4.79. The van der Waals surface area contributed by atoms with Crippen molar-refractivity contribution in [2.45, 2.75) is 19.3 Å². The molecule has 2 aromatic heterocycles. The molecular formula is C48H33N3O. The number of fused-ring (bicyclic) bond motifs is 6. The van der Waals surface area contributed by atoms with E-state index >= 15 is 0 Å². The molecule has 1 aliphatic carbocycles. The highest BCUT2D eigenvalue weighted by molar-refractivity contribution is 6.16. The summed E-state index contributed by atoms with van der Waals surface area (Å²) in [4.78, 5) is 15.1. The smallest absolute Gasteiger partial charge is 0.164 e. The molecule has 4 nitrogen and oxygen atoms in total. The van der Waals surface area contributed by atoms with E-state index in [4.69, 9.17) is 33.1 Å². The van der Waals surface area contributed by atoms with Gasteiger partial charge in [-0.3, -0.25) is 0 Å². The first-order valence-electron chi connectivity index (χ1n) is 21.9. The molecule has 1 aliphatic rings. The molecule has 0 atom stereocenters. The van der Waals surface area contributed by atoms with Crippen LogP contribution in [0, 0.1) is 0 Å². The van der Waals surface area contributed by atoms with E-state index in [1.807, 2.05) is 48.5 Å². The number of hydrogen-bond acceptors (Lipinski definition) is 4. The lowest BCUT2D eigenvalue weighted by Gasteiger charge is -2.21. The molecule has 246 valence electrons. The molecule has 0 bridgehead atoms. The largest absolute Gasteiger partial charge is 0.455 e. The Kier molecular flexibility index (Phi) is 4.85. The molecule has 0 spiro atoms. The van der Waals surface area contributed by atoms with Crippen molar-refractivity contribution in [3.05, 3.63) is 175 Å². The van der Waals surface area contributed by atoms with Crippen LogP contribution in [0.25, 0.3) is 89.5 Å². The van der Waals surface area contributed by atoms with Crippen LogP contribution in [-0.4, -0.2) is 15.0 Å². The van der Waals surface area contributed by atoms with Gasteiger partial charge in [-0.15, -0.1) is 0 Å². The van der Waals surface area contributed by atoms with E-state index in [-0.39, 0.29) is 33.3 Å². The number of benzene rings is 7. The van der Waals surface area contributed by atoms with Gasteiger partial charge in [-0.2, -0.15) is 0 Å². The van der Waals surface area contributed by atoms with E-state index in [0.29, 0.717) is 39.4 Å². The summed E-state index contributed by atoms with van der Waals surface area (Å²) in [5.41, 5.74) is 6.92. The third-order valence-corrected chi connectivity index (χ3v) is 9.90. The Morgan fingerprint density at radius 1 is 0.481 bits per heavy atom. The minimum absolute atomic E-state index is 0.0751. The highest BCUT2D eigenvalue weighted by Crippen LogP contribution is 2.49. The summed E-state index contributed by atoms with van der Waals surface area (Å²) in [6, 6.07) is 27.3. The van der Waals surface area contributed by atoms with Gasteiger partial charge >= 0.3 is 0 Å². The van der Waals surface area contributed by atoms with Gasteiger partial charge in [-0.05, 0) is 63.2 Å². The highest BCUT2D eigenvalue weighted by Gasteiger charge is 2.35. The van der Waals surface area contributed by atoms with Gasteiger partial charge < -0.3 is 4.42 Å². The molecule has 0 saturated carbocycles. The number of hydrogen-bond donors (Lipinski definition) is 0. The van der Waals surface area contributed by atoms with E-state index in [2.05, 4.69) is 44.2 Å². The standard InChI is InChI=1S/C48H33N3O/c1-48(2)40-23-13-12-21-35(40)38-27-33(25-26-41(38)48)46-49-45(32-19-10-5-11-20-32)50-47(51-46)36-22-14-24-42-43(36)39-29-34(30-15-6-3-7-16-30)28-37(44(39)52-42)31-17-8-4-9-18-31/h3-29H,1-2H3/i3D,4D,6D,7D,8D,9D,15D,16D,17D,18D. The van der Waals surface area contributed by atoms with Crippen molar-refractivity contribution in [3.63, 3.8) is 0 Å². The predicted molar refractivity (Wildman–Crippen MR) is 212 cm³/mol. The van der Waals surface area contributed by atoms with Crippen LogP contribution in [0.2, 0.25) is 0 Å². The number of furan rings is 1. The number of nitrogens with zero attached hydrogens (tertiary/aromatic N) is 3. The normalized spacial score (nSPS) is 15.7. The van der Waals surface area contributed by atoms with Crippen LogP contribution in [0.15, 0.2) is 168 Å². The molecular weight excluding hydrogens is 635 g/mol. The van der Waals surface area contributed by atoms with Crippen LogP contribution >= 0.6 is 0 Å². The molecule has 0 unspecified atom stereocenters. The molecule has 0 amide bonds. The summed E-state index contributed by atoms with van der Waals surface area (Å²) in [5, 5.41) is 0.868. The van der Waals surface area contributed by atoms with Crippen LogP contribution in [0.1, 0.15) is 38.7 Å². The molecule has 0 N–H and O–H groups in total. The summed E-state index contributed by atoms with van der Waals surface area (Å²) < 4.78 is 92.6. The zero-order valence-electron chi connectivity index (χ0n) is 38.1. The molecule has 9 aromatic rings. The minimum atomic E-state index is -0.579. The molecule has 0 fully saturated rings. The van der Waals surface area contributed by atoms with Crippen LogP contribution in [0.5, 0.6) is 0 Å². The Balaban J connectivity index is 1.28. The summed E-state index contributed by atoms with van der Waals surface area (Å²) in [6.45, 7) is 4.43. The Labute approximate surface area is 316 Å². The van der Waals surface area contributed by atoms with Crippen molar-refractivity contribution < 1.29 is 18.1 Å². The Morgan fingerprint density at radius 2 is 1.12 bits per heavy atom. The second kappa shape index (κ2) is 11.7. The van der Waals surface area contributed by atoms with Crippen LogP contribution in [0.4, 0.5) is 0 Å². The van der Waals surface area contributed by atoms with Crippen LogP contribution < -0.4 is 0 Å². The van der Waals surface area contributed by atoms with Gasteiger partial charge in [0.2, 0.25) is 0 Å². The fourth-order valence-corrected chi connectivity index (χ4v) is 7.42. The highest BCUT2D eigenvalue weighted by atomic mass is 16.3. The Morgan fingerprint density at radius 3 is 1.90 bits per heavy atom. The summed E-state index contributed by atoms with van der Waals surface area (Å²) in [6.07, 6.45) is 0. The second-order valence-corrected chi connectivity index (χ2v) is 13.3. The maximum Gasteiger partial charge on any atom is 0.164 e. The quantitative estimate of drug-likeness (QED) is 0.182. The van der Waals surface area contributed by atoms with E-state index in [1.165, 1.54) is 17.2 Å². The lowest BCUT2D eigenvalue weighted by molar-refractivity contribution is 0.660. The average Bonchev–Trinajstić information content (AvgIpc) is 3.78. The third-order valence-electron chi connectivity index (χ3n) is 9.90. The van der Waals surface area contributed by atoms with Crippen LogP contribution in [0.3, 0.4) is 0 Å². The topological polar surface area (TPSA) is 51.8 Å². The lowest BCUT2D eigenvalue weighted by Crippen LogP contribution is -2.14. The monoisotopic (exact) mass is 677 g/mol. The zero-order chi connectivity index (χ0) is 43.5. The number of aromatic nitrogens is 3. The van der Waals surface area contributed by atoms with E-state index in [1.54, 1.807) is 18.2 Å². The predicted octanol–water partition coefficient (Wildman–Crippen LogP) is 12.4. The molecule has 4 heteroatoms. The van der Waals surface area contributed by atoms with Crippen molar-refractivity contribution in [3.8, 4) is 67.5 Å². The fourth-order valence-electron chi connectivity index (χ4n) is 7.42. The maximum absolute atomic E-state index is 8.93. The Bertz CT molecular complexity index is 3340. The molecule has 0 aliphatic heterocycles. The SMILES string of the molecule is [2H]c1c([2H])c([2H])c(-c2cc(-c3c([2H])c([2H])c([2H])c([2H])c3[2H])c3oc4cccc(-c5nc(-c6ccccc6)nc(-c6ccc7c(c6)-c6ccccc6C7(C)C)n5)c4c3c2)c([2H])c1[2H]. The molecule has 0 saturated heterocycles. The Hall–Kier alpha value is -6.65. The van der Waals surface area contributed by atoms with Crippen LogP contribution in [-0.2, 0) is 5.41 Å². The summed E-state index contributed by atoms with van der Waals surface area (Å²) >= 11 is 0. The van der Waals surface area contributed by atoms with Crippen molar-refractivity contribution in [2.75, 3.05) is 0 Å². The van der Waals surface area contributed by atoms with Crippen molar-refractivity contribution in [1.29, 1.82) is 0 Å². The van der Waals surface area contributed by atoms with Gasteiger partial charge in [0.15, 0.2) is 17.5 Å². The van der Waals surface area contributed by atoms with E-state index in [9.17, 15) is 0 Å². The van der Waals surface area contributed by atoms with Gasteiger partial charge in [0.05, 0.1) is 13.7 Å². The molecule has 0 radical (unpaired) electrons. The molecule has 7 aromatic carbocycles. The van der Waals surface area contributed by atoms with Gasteiger partial charge in [0.25, 0.3) is 0 Å². The first-order chi connectivity index (χ1) is 29.7. The number of rotatable bonds is 5. The first-order valence-corrected chi connectivity index (χ1v) is 16.9. The van der Waals surface area contributed by atoms with Gasteiger partial charge in [0.1, 0.15) is 11.2 Å². The molecule has 52 heavy (non-hydrogen) atoms. The summed E-state index contributed by atoms with van der Waals surface area (Å²) in [7, 11) is 0. The first kappa shape index (κ1) is 21.5.